The fourth-order valence-electron chi connectivity index (χ4n) is 2.01. The Morgan fingerprint density at radius 3 is 2.05 bits per heavy atom. The molecule has 4 heteroatoms. The van der Waals surface area contributed by atoms with Gasteiger partial charge in [-0.3, -0.25) is 0 Å². The smallest absolute Gasteiger partial charge is 0.126 e. The third-order valence-electron chi connectivity index (χ3n) is 2.90. The average Bonchev–Trinajstić information content (AvgIpc) is 2.39. The van der Waals surface area contributed by atoms with Gasteiger partial charge in [0, 0.05) is 13.2 Å². The lowest BCUT2D eigenvalue weighted by Gasteiger charge is -2.22. The lowest BCUT2D eigenvalue weighted by atomic mass is 9.98. The molecule has 19 heavy (non-hydrogen) atoms. The van der Waals surface area contributed by atoms with Crippen molar-refractivity contribution in [2.24, 2.45) is 0 Å². The molecule has 0 spiro atoms. The molecule has 0 aliphatic carbocycles. The molecule has 2 aromatic carbocycles. The monoisotopic (exact) mass is 264 g/mol. The minimum Gasteiger partial charge on any atom is -0.385 e. The second-order valence-electron chi connectivity index (χ2n) is 4.21. The lowest BCUT2D eigenvalue weighted by molar-refractivity contribution is -0.0151. The molecular weight excluding hydrogens is 250 g/mol. The Morgan fingerprint density at radius 2 is 1.53 bits per heavy atom. The highest BCUT2D eigenvalue weighted by Gasteiger charge is 2.23. The average molecular weight is 264 g/mol. The van der Waals surface area contributed by atoms with Crippen LogP contribution in [0.1, 0.15) is 23.3 Å². The molecule has 0 heterocycles. The van der Waals surface area contributed by atoms with Crippen molar-refractivity contribution in [3.05, 3.63) is 71.3 Å². The van der Waals surface area contributed by atoms with E-state index >= 15 is 0 Å². The van der Waals surface area contributed by atoms with Gasteiger partial charge in [0.25, 0.3) is 0 Å². The van der Waals surface area contributed by atoms with Crippen molar-refractivity contribution in [3.63, 3.8) is 0 Å². The molecule has 0 saturated carbocycles. The largest absolute Gasteiger partial charge is 0.385 e. The second-order valence-corrected chi connectivity index (χ2v) is 4.21. The molecule has 2 atom stereocenters. The highest BCUT2D eigenvalue weighted by molar-refractivity contribution is 5.26. The summed E-state index contributed by atoms with van der Waals surface area (Å²) in [7, 11) is 1.44. The van der Waals surface area contributed by atoms with Crippen LogP contribution in [0.25, 0.3) is 0 Å². The number of benzene rings is 2. The van der Waals surface area contributed by atoms with Crippen molar-refractivity contribution in [3.8, 4) is 0 Å². The molecule has 0 radical (unpaired) electrons. The van der Waals surface area contributed by atoms with Crippen molar-refractivity contribution in [1.29, 1.82) is 0 Å². The van der Waals surface area contributed by atoms with Crippen molar-refractivity contribution in [2.45, 2.75) is 12.2 Å². The first-order valence-electron chi connectivity index (χ1n) is 5.83. The van der Waals surface area contributed by atoms with Gasteiger partial charge in [0.2, 0.25) is 0 Å². The topological polar surface area (TPSA) is 29.5 Å². The summed E-state index contributed by atoms with van der Waals surface area (Å²) < 4.78 is 31.6. The van der Waals surface area contributed by atoms with E-state index in [4.69, 9.17) is 4.74 Å². The van der Waals surface area contributed by atoms with Crippen LogP contribution in [0.4, 0.5) is 8.78 Å². The Kier molecular flexibility index (Phi) is 4.24. The van der Waals surface area contributed by atoms with E-state index in [1.807, 2.05) is 6.07 Å². The van der Waals surface area contributed by atoms with E-state index in [-0.39, 0.29) is 5.56 Å². The molecule has 2 unspecified atom stereocenters. The fourth-order valence-corrected chi connectivity index (χ4v) is 2.01. The molecule has 0 aromatic heterocycles. The van der Waals surface area contributed by atoms with Gasteiger partial charge in [-0.15, -0.1) is 0 Å². The Hall–Kier alpha value is -1.78. The van der Waals surface area contributed by atoms with Gasteiger partial charge in [0.15, 0.2) is 0 Å². The van der Waals surface area contributed by atoms with Crippen molar-refractivity contribution in [1.82, 2.24) is 0 Å². The Labute approximate surface area is 110 Å². The number of halogens is 2. The summed E-state index contributed by atoms with van der Waals surface area (Å²) in [6.45, 7) is 0. The SMILES string of the molecule is COC(c1ccccc1)C(O)c1cc(F)cc(F)c1. The van der Waals surface area contributed by atoms with Crippen LogP contribution in [0.2, 0.25) is 0 Å². The van der Waals surface area contributed by atoms with Gasteiger partial charge >= 0.3 is 0 Å². The summed E-state index contributed by atoms with van der Waals surface area (Å²) >= 11 is 0. The van der Waals surface area contributed by atoms with Crippen molar-refractivity contribution >= 4 is 0 Å². The van der Waals surface area contributed by atoms with Crippen LogP contribution < -0.4 is 0 Å². The summed E-state index contributed by atoms with van der Waals surface area (Å²) in [6.07, 6.45) is -1.82. The number of methoxy groups -OCH3 is 1. The maximum atomic E-state index is 13.2. The summed E-state index contributed by atoms with van der Waals surface area (Å²) in [4.78, 5) is 0. The molecule has 2 rings (SSSR count). The van der Waals surface area contributed by atoms with E-state index < -0.39 is 23.8 Å². The van der Waals surface area contributed by atoms with E-state index in [2.05, 4.69) is 0 Å². The first-order valence-corrected chi connectivity index (χ1v) is 5.83. The second kappa shape index (κ2) is 5.91. The molecule has 0 bridgehead atoms. The van der Waals surface area contributed by atoms with Crippen LogP contribution in [0.5, 0.6) is 0 Å². The van der Waals surface area contributed by atoms with Crippen LogP contribution in [0.3, 0.4) is 0 Å². The number of ether oxygens (including phenoxy) is 1. The summed E-state index contributed by atoms with van der Waals surface area (Å²) in [5, 5.41) is 10.2. The maximum absolute atomic E-state index is 13.2. The van der Waals surface area contributed by atoms with Crippen LogP contribution in [-0.4, -0.2) is 12.2 Å². The Balaban J connectivity index is 2.33. The van der Waals surface area contributed by atoms with E-state index in [9.17, 15) is 13.9 Å². The number of hydrogen-bond acceptors (Lipinski definition) is 2. The van der Waals surface area contributed by atoms with E-state index in [1.165, 1.54) is 7.11 Å². The Morgan fingerprint density at radius 1 is 0.947 bits per heavy atom. The third-order valence-corrected chi connectivity index (χ3v) is 2.90. The predicted octanol–water partition coefficient (Wildman–Crippen LogP) is 3.39. The van der Waals surface area contributed by atoms with E-state index in [0.717, 1.165) is 23.8 Å². The van der Waals surface area contributed by atoms with E-state index in [1.54, 1.807) is 24.3 Å². The fraction of sp³-hybridized carbons (Fsp3) is 0.200. The molecule has 0 aliphatic heterocycles. The number of rotatable bonds is 4. The molecule has 0 amide bonds. The molecule has 2 nitrogen and oxygen atoms in total. The van der Waals surface area contributed by atoms with Crippen molar-refractivity contribution in [2.75, 3.05) is 7.11 Å². The van der Waals surface area contributed by atoms with Crippen LogP contribution in [-0.2, 0) is 4.74 Å². The summed E-state index contributed by atoms with van der Waals surface area (Å²) in [5.74, 6) is -1.45. The minimum absolute atomic E-state index is 0.146. The highest BCUT2D eigenvalue weighted by Crippen LogP contribution is 2.31. The molecule has 0 fully saturated rings. The zero-order valence-corrected chi connectivity index (χ0v) is 10.4. The highest BCUT2D eigenvalue weighted by atomic mass is 19.1. The van der Waals surface area contributed by atoms with Crippen LogP contribution >= 0.6 is 0 Å². The quantitative estimate of drug-likeness (QED) is 0.917. The standard InChI is InChI=1S/C15H14F2O2/c1-19-15(10-5-3-2-4-6-10)14(18)11-7-12(16)9-13(17)8-11/h2-9,14-15,18H,1H3. The normalized spacial score (nSPS) is 14.1. The minimum atomic E-state index is -1.14. The predicted molar refractivity (Wildman–Crippen MR) is 67.5 cm³/mol. The van der Waals surface area contributed by atoms with Gasteiger partial charge in [-0.05, 0) is 23.3 Å². The molecule has 100 valence electrons. The molecule has 0 aliphatic rings. The maximum Gasteiger partial charge on any atom is 0.126 e. The number of aliphatic hydroxyl groups is 1. The number of aliphatic hydroxyl groups excluding tert-OH is 1. The third kappa shape index (κ3) is 3.16. The van der Waals surface area contributed by atoms with Gasteiger partial charge in [-0.1, -0.05) is 30.3 Å². The van der Waals surface area contributed by atoms with Gasteiger partial charge in [0.1, 0.15) is 23.8 Å². The van der Waals surface area contributed by atoms with Gasteiger partial charge in [-0.2, -0.15) is 0 Å². The van der Waals surface area contributed by atoms with Gasteiger partial charge in [0.05, 0.1) is 0 Å². The van der Waals surface area contributed by atoms with Crippen LogP contribution in [0.15, 0.2) is 48.5 Å². The number of hydrogen-bond donors (Lipinski definition) is 1. The van der Waals surface area contributed by atoms with Crippen molar-refractivity contribution < 1.29 is 18.6 Å². The zero-order valence-electron chi connectivity index (χ0n) is 10.4. The molecular formula is C15H14F2O2. The first-order chi connectivity index (χ1) is 9.11. The molecule has 2 aromatic rings. The van der Waals surface area contributed by atoms with E-state index in [0.29, 0.717) is 0 Å². The van der Waals surface area contributed by atoms with Gasteiger partial charge in [-0.25, -0.2) is 8.78 Å². The molecule has 1 N–H and O–H groups in total. The van der Waals surface area contributed by atoms with Crippen LogP contribution in [0, 0.1) is 11.6 Å². The molecule has 0 saturated heterocycles. The summed E-state index contributed by atoms with van der Waals surface area (Å²) in [6, 6.07) is 12.0. The van der Waals surface area contributed by atoms with Gasteiger partial charge < -0.3 is 9.84 Å². The first kappa shape index (κ1) is 13.6. The Bertz CT molecular complexity index is 523. The lowest BCUT2D eigenvalue weighted by Crippen LogP contribution is -2.13. The summed E-state index contributed by atoms with van der Waals surface area (Å²) in [5.41, 5.74) is 0.885. The zero-order chi connectivity index (χ0) is 13.8.